The van der Waals surface area contributed by atoms with E-state index in [1.807, 2.05) is 54.6 Å². The minimum atomic E-state index is -1.07. The van der Waals surface area contributed by atoms with Crippen molar-refractivity contribution in [2.45, 2.75) is 365 Å². The van der Waals surface area contributed by atoms with Crippen LogP contribution in [-0.4, -0.2) is 132 Å². The van der Waals surface area contributed by atoms with Gasteiger partial charge >= 0.3 is 29.8 Å². The molecule has 5 aromatic rings. The van der Waals surface area contributed by atoms with Crippen molar-refractivity contribution in [1.29, 1.82) is 0 Å². The van der Waals surface area contributed by atoms with E-state index < -0.39 is 30.1 Å². The molecule has 1 saturated heterocycles. The second kappa shape index (κ2) is 64.5. The van der Waals surface area contributed by atoms with Crippen molar-refractivity contribution in [3.05, 3.63) is 143 Å². The molecule has 0 aromatic heterocycles. The molecule has 0 radical (unpaired) electrons. The van der Waals surface area contributed by atoms with Gasteiger partial charge in [0, 0.05) is 26.4 Å². The summed E-state index contributed by atoms with van der Waals surface area (Å²) in [5.41, 5.74) is 4.54. The summed E-state index contributed by atoms with van der Waals surface area (Å²) >= 11 is 0. The molecule has 20 nitrogen and oxygen atoms in total. The number of carboxylic acids is 1. The average molecular weight is 1750 g/mol. The molecule has 3 fully saturated rings. The van der Waals surface area contributed by atoms with Gasteiger partial charge in [-0.3, -0.25) is 9.59 Å². The number of hydrogen-bond donors (Lipinski definition) is 1. The number of carbonyl (C=O) groups excluding carboxylic acids is 6. The molecule has 20 heteroatoms. The number of carboxylic acid groups (broad SMARTS) is 1. The number of aromatic carboxylic acids is 1. The van der Waals surface area contributed by atoms with Crippen molar-refractivity contribution in [2.75, 3.05) is 66.1 Å². The van der Waals surface area contributed by atoms with E-state index in [2.05, 4.69) is 38.1 Å². The number of hydrogen-bond acceptors (Lipinski definition) is 19. The van der Waals surface area contributed by atoms with Crippen LogP contribution in [0.4, 0.5) is 0 Å². The summed E-state index contributed by atoms with van der Waals surface area (Å²) in [6.45, 7) is 9.25. The normalized spacial score (nSPS) is 16.9. The van der Waals surface area contributed by atoms with Crippen LogP contribution in [0, 0.1) is 11.8 Å². The molecule has 0 amide bonds. The van der Waals surface area contributed by atoms with Gasteiger partial charge in [0.2, 0.25) is 0 Å². The highest BCUT2D eigenvalue weighted by atomic mass is 16.7. The molecule has 2 aliphatic carbocycles. The van der Waals surface area contributed by atoms with Crippen LogP contribution in [0.1, 0.15) is 388 Å². The molecule has 8 rings (SSSR count). The van der Waals surface area contributed by atoms with Crippen molar-refractivity contribution < 1.29 is 95.5 Å². The number of benzene rings is 5. The summed E-state index contributed by atoms with van der Waals surface area (Å²) < 4.78 is 69.9. The zero-order valence-corrected chi connectivity index (χ0v) is 76.7. The molecule has 1 heterocycles. The lowest BCUT2D eigenvalue weighted by atomic mass is 9.77. The van der Waals surface area contributed by atoms with E-state index in [4.69, 9.17) is 56.8 Å². The molecule has 3 unspecified atom stereocenters. The van der Waals surface area contributed by atoms with Crippen molar-refractivity contribution in [2.24, 2.45) is 11.8 Å². The molecule has 0 bridgehead atoms. The van der Waals surface area contributed by atoms with Gasteiger partial charge in [0.05, 0.1) is 63.6 Å². The number of esters is 4. The zero-order chi connectivity index (χ0) is 88.9. The van der Waals surface area contributed by atoms with Crippen LogP contribution >= 0.6 is 0 Å². The van der Waals surface area contributed by atoms with Crippen molar-refractivity contribution in [1.82, 2.24) is 0 Å². The first kappa shape index (κ1) is 103. The summed E-state index contributed by atoms with van der Waals surface area (Å²) in [6, 6.07) is 33.9. The van der Waals surface area contributed by atoms with E-state index in [9.17, 15) is 38.7 Å². The molecule has 126 heavy (non-hydrogen) atoms. The van der Waals surface area contributed by atoms with Gasteiger partial charge in [0.1, 0.15) is 64.8 Å². The van der Waals surface area contributed by atoms with Gasteiger partial charge in [-0.2, -0.15) is 0 Å². The summed E-state index contributed by atoms with van der Waals surface area (Å²) in [6.07, 6.45) is 49.5. The summed E-state index contributed by atoms with van der Waals surface area (Å²) in [4.78, 5) is 87.5. The highest BCUT2D eigenvalue weighted by Crippen LogP contribution is 2.41. The second-order valence-electron chi connectivity index (χ2n) is 35.3. The summed E-state index contributed by atoms with van der Waals surface area (Å²) in [5.74, 6) is 3.63. The van der Waals surface area contributed by atoms with Crippen LogP contribution in [0.3, 0.4) is 0 Å². The third kappa shape index (κ3) is 43.3. The van der Waals surface area contributed by atoms with Gasteiger partial charge in [-0.25, -0.2) is 14.4 Å². The molecule has 2 saturated carbocycles. The van der Waals surface area contributed by atoms with Gasteiger partial charge in [-0.1, -0.05) is 205 Å². The van der Waals surface area contributed by atoms with E-state index in [-0.39, 0.29) is 49.8 Å². The Balaban J connectivity index is 0.595. The van der Waals surface area contributed by atoms with E-state index in [1.165, 1.54) is 114 Å². The van der Waals surface area contributed by atoms with E-state index >= 15 is 0 Å². The summed E-state index contributed by atoms with van der Waals surface area (Å²) in [7, 11) is 0. The minimum absolute atomic E-state index is 0.0937. The van der Waals surface area contributed by atoms with Crippen molar-refractivity contribution in [3.8, 4) is 34.5 Å². The van der Waals surface area contributed by atoms with Crippen LogP contribution in [0.25, 0.3) is 0 Å². The fourth-order valence-corrected chi connectivity index (χ4v) is 17.3. The second-order valence-corrected chi connectivity index (χ2v) is 35.3. The molecule has 0 spiro atoms. The topological polar surface area (TPSA) is 250 Å². The molecule has 1 aliphatic heterocycles. The van der Waals surface area contributed by atoms with Gasteiger partial charge < -0.3 is 71.5 Å². The van der Waals surface area contributed by atoms with Gasteiger partial charge in [-0.05, 0) is 267 Å². The molecule has 1 N–H and O–H groups in total. The first-order valence-corrected chi connectivity index (χ1v) is 49.3. The number of aldehydes is 2. The Bertz CT molecular complexity index is 3750. The molecular weight excluding hydrogens is 1590 g/mol. The first-order chi connectivity index (χ1) is 61.9. The van der Waals surface area contributed by atoms with E-state index in [0.29, 0.717) is 136 Å². The quantitative estimate of drug-likeness (QED) is 0.0164. The monoisotopic (exact) mass is 1750 g/mol. The minimum Gasteiger partial charge on any atom is -0.494 e. The third-order valence-electron chi connectivity index (χ3n) is 25.0. The van der Waals surface area contributed by atoms with E-state index in [0.717, 1.165) is 210 Å². The number of unbranched alkanes of at least 4 members (excludes halogenated alkanes) is 27. The van der Waals surface area contributed by atoms with Crippen LogP contribution in [0.2, 0.25) is 0 Å². The largest absolute Gasteiger partial charge is 0.494 e. The Hall–Kier alpha value is -8.17. The fourth-order valence-electron chi connectivity index (χ4n) is 17.3. The van der Waals surface area contributed by atoms with Gasteiger partial charge in [0.15, 0.2) is 6.29 Å². The van der Waals surface area contributed by atoms with Gasteiger partial charge in [-0.15, -0.1) is 0 Å². The number of aryl methyl sites for hydroxylation is 1. The van der Waals surface area contributed by atoms with Crippen molar-refractivity contribution in [3.63, 3.8) is 0 Å². The Kier molecular flexibility index (Phi) is 52.9. The SMILES string of the molecule is CCCCCC1CCC(c2ccc(OC(=O)c3ccc(OCCCCCCCCOC(C=O)CC(=O)OCCCCCCCCOc4cc(CCCCCCOC5CCCCO5)c(OCCCCCCCCOC(=O)CC(C=O)OCCCCCCCCOc5ccc(C(=O)Oc6ccc(C7CCC(CCCCC)CC7)cc6)cc5)c(C(=O)O)c4)cc3)cc2)CC1. The average Bonchev–Trinajstić information content (AvgIpc) is 0.808. The molecule has 3 atom stereocenters. The predicted octanol–water partition coefficient (Wildman–Crippen LogP) is 25.5. The molecule has 3 aliphatic rings. The Labute approximate surface area is 754 Å². The standard InChI is InChI=1S/C106H154O20/c1-3-5-25-39-83-43-47-85(48-44-83)87-51-63-94(64-52-87)125-105(113)89-55-59-92(60-56-89)115-67-29-16-7-9-19-32-70-118-97(81-107)79-100(109)120-72-34-21-12-11-18-31-69-117-96-77-91(41-27-15-24-36-74-122-102-42-28-38-75-123-102)103(99(78-96)104(111)112)124-76-37-23-14-13-22-35-73-121-101(110)80-98(82-108)119-71-33-20-10-8-17-30-68-116-93-61-57-90(58-62-93)106(114)126-95-65-53-88(54-66-95)86-49-45-84(46-50-86)40-26-6-4-2/h51-66,77-78,81-86,97-98,102H,3-50,67-76,79-80H2,1-2H3,(H,111,112). The smallest absolute Gasteiger partial charge is 0.343 e. The zero-order valence-electron chi connectivity index (χ0n) is 76.7. The fraction of sp³-hybridized carbons (Fsp3) is 0.651. The maximum absolute atomic E-state index is 12.9. The Morgan fingerprint density at radius 3 is 1.15 bits per heavy atom. The lowest BCUT2D eigenvalue weighted by Crippen LogP contribution is -2.22. The molecule has 5 aromatic carbocycles. The van der Waals surface area contributed by atoms with Crippen LogP contribution in [0.15, 0.2) is 109 Å². The highest BCUT2D eigenvalue weighted by Gasteiger charge is 2.27. The Morgan fingerprint density at radius 2 is 0.754 bits per heavy atom. The molecular formula is C106H154O20. The van der Waals surface area contributed by atoms with Crippen LogP contribution in [-0.2, 0) is 54.0 Å². The lowest BCUT2D eigenvalue weighted by molar-refractivity contribution is -0.162. The number of ether oxygens (including phenoxy) is 12. The first-order valence-electron chi connectivity index (χ1n) is 49.3. The van der Waals surface area contributed by atoms with Crippen LogP contribution < -0.4 is 28.4 Å². The maximum atomic E-state index is 12.9. The third-order valence-corrected chi connectivity index (χ3v) is 25.0. The number of rotatable bonds is 71. The molecule has 698 valence electrons. The van der Waals surface area contributed by atoms with Gasteiger partial charge in [0.25, 0.3) is 0 Å². The van der Waals surface area contributed by atoms with E-state index in [1.54, 1.807) is 30.3 Å². The number of carbonyl (C=O) groups is 7. The lowest BCUT2D eigenvalue weighted by Gasteiger charge is -2.29. The van der Waals surface area contributed by atoms with Crippen LogP contribution in [0.5, 0.6) is 34.5 Å². The maximum Gasteiger partial charge on any atom is 0.343 e. The Morgan fingerprint density at radius 1 is 0.381 bits per heavy atom. The highest BCUT2D eigenvalue weighted by molar-refractivity contribution is 5.93. The predicted molar refractivity (Wildman–Crippen MR) is 494 cm³/mol. The van der Waals surface area contributed by atoms with Crippen molar-refractivity contribution >= 4 is 42.4 Å². The summed E-state index contributed by atoms with van der Waals surface area (Å²) in [5, 5.41) is 10.5.